The molecule has 1 aliphatic carbocycles. The molecule has 0 fully saturated rings. The van der Waals surface area contributed by atoms with E-state index in [1.54, 1.807) is 0 Å². The molecule has 2 aromatic carbocycles. The van der Waals surface area contributed by atoms with Crippen LogP contribution >= 0.6 is 0 Å². The van der Waals surface area contributed by atoms with Gasteiger partial charge in [0.1, 0.15) is 13.2 Å². The Morgan fingerprint density at radius 1 is 0.931 bits per heavy atom. The van der Waals surface area contributed by atoms with Gasteiger partial charge in [0.15, 0.2) is 0 Å². The highest BCUT2D eigenvalue weighted by Gasteiger charge is 2.28. The molecular formula is C22H25N3O4. The second-order valence-corrected chi connectivity index (χ2v) is 6.54. The number of amides is 2. The van der Waals surface area contributed by atoms with Gasteiger partial charge in [-0.3, -0.25) is 5.43 Å². The molecule has 3 N–H and O–H groups in total. The van der Waals surface area contributed by atoms with Crippen LogP contribution in [0.3, 0.4) is 0 Å². The number of benzene rings is 2. The predicted octanol–water partition coefficient (Wildman–Crippen LogP) is 3.33. The first-order chi connectivity index (χ1) is 14.2. The summed E-state index contributed by atoms with van der Waals surface area (Å²) in [5.41, 5.74) is 10.0. The van der Waals surface area contributed by atoms with Gasteiger partial charge in [0, 0.05) is 19.0 Å². The van der Waals surface area contributed by atoms with Crippen molar-refractivity contribution in [2.24, 2.45) is 0 Å². The summed E-state index contributed by atoms with van der Waals surface area (Å²) >= 11 is 0. The number of nitrogens with one attached hydrogen (secondary N) is 3. The van der Waals surface area contributed by atoms with Gasteiger partial charge in [-0.1, -0.05) is 61.2 Å². The number of hydrogen-bond acceptors (Lipinski definition) is 5. The molecule has 0 aromatic heterocycles. The van der Waals surface area contributed by atoms with E-state index in [0.717, 1.165) is 0 Å². The Hall–Kier alpha value is -3.32. The van der Waals surface area contributed by atoms with Gasteiger partial charge in [-0.15, -0.1) is 0 Å². The van der Waals surface area contributed by atoms with Crippen molar-refractivity contribution in [3.8, 4) is 11.1 Å². The van der Waals surface area contributed by atoms with Gasteiger partial charge in [0.2, 0.25) is 0 Å². The van der Waals surface area contributed by atoms with E-state index >= 15 is 0 Å². The molecule has 0 saturated heterocycles. The molecule has 3 rings (SSSR count). The van der Waals surface area contributed by atoms with Gasteiger partial charge in [0.25, 0.3) is 0 Å². The van der Waals surface area contributed by atoms with E-state index in [2.05, 4.69) is 47.0 Å². The molecule has 0 bridgehead atoms. The zero-order valence-electron chi connectivity index (χ0n) is 16.1. The number of ether oxygens (including phenoxy) is 2. The highest BCUT2D eigenvalue weighted by Crippen LogP contribution is 2.44. The minimum Gasteiger partial charge on any atom is -0.448 e. The highest BCUT2D eigenvalue weighted by molar-refractivity contribution is 5.79. The molecule has 7 heteroatoms. The number of hydrazine groups is 1. The highest BCUT2D eigenvalue weighted by atomic mass is 16.6. The van der Waals surface area contributed by atoms with Crippen LogP contribution in [0, 0.1) is 0 Å². The normalized spacial score (nSPS) is 11.9. The summed E-state index contributed by atoms with van der Waals surface area (Å²) in [6.07, 6.45) is 1.09. The summed E-state index contributed by atoms with van der Waals surface area (Å²) in [7, 11) is 0. The summed E-state index contributed by atoms with van der Waals surface area (Å²) in [6.45, 7) is 4.81. The van der Waals surface area contributed by atoms with Gasteiger partial charge >= 0.3 is 12.2 Å². The van der Waals surface area contributed by atoms with E-state index in [-0.39, 0.29) is 19.1 Å². The second kappa shape index (κ2) is 10.3. The molecule has 152 valence electrons. The smallest absolute Gasteiger partial charge is 0.421 e. The summed E-state index contributed by atoms with van der Waals surface area (Å²) in [6, 6.07) is 16.4. The first kappa shape index (κ1) is 20.4. The van der Waals surface area contributed by atoms with Gasteiger partial charge in [-0.05, 0) is 28.7 Å². The van der Waals surface area contributed by atoms with Gasteiger partial charge in [0.05, 0.1) is 0 Å². The molecule has 0 unspecified atom stereocenters. The summed E-state index contributed by atoms with van der Waals surface area (Å²) in [5, 5.41) is 2.59. The molecule has 0 atom stereocenters. The van der Waals surface area contributed by atoms with Crippen molar-refractivity contribution in [1.29, 1.82) is 0 Å². The fourth-order valence-electron chi connectivity index (χ4n) is 3.32. The van der Waals surface area contributed by atoms with Crippen LogP contribution in [0.25, 0.3) is 11.1 Å². The van der Waals surface area contributed by atoms with E-state index in [1.165, 1.54) is 28.3 Å². The van der Waals surface area contributed by atoms with E-state index in [0.29, 0.717) is 19.5 Å². The molecule has 1 aliphatic rings. The number of alkyl carbamates (subject to hydrolysis) is 1. The Morgan fingerprint density at radius 3 is 2.24 bits per heavy atom. The monoisotopic (exact) mass is 395 g/mol. The average Bonchev–Trinajstić information content (AvgIpc) is 3.07. The number of carbonyl (C=O) groups excluding carboxylic acids is 2. The Balaban J connectivity index is 1.38. The third-order valence-electron chi connectivity index (χ3n) is 4.61. The number of carbonyl (C=O) groups is 2. The van der Waals surface area contributed by atoms with E-state index in [1.807, 2.05) is 24.3 Å². The lowest BCUT2D eigenvalue weighted by atomic mass is 9.98. The van der Waals surface area contributed by atoms with Crippen LogP contribution < -0.4 is 16.2 Å². The number of rotatable bonds is 9. The SMILES string of the molecule is C=CCOC(=O)NCCCNNC(=O)OCC1c2ccccc2-c2ccccc21. The molecule has 0 heterocycles. The van der Waals surface area contributed by atoms with Crippen LogP contribution in [0.4, 0.5) is 9.59 Å². The fourth-order valence-corrected chi connectivity index (χ4v) is 3.32. The first-order valence-electron chi connectivity index (χ1n) is 9.56. The van der Waals surface area contributed by atoms with Crippen molar-refractivity contribution < 1.29 is 19.1 Å². The van der Waals surface area contributed by atoms with Crippen molar-refractivity contribution in [2.45, 2.75) is 12.3 Å². The molecule has 0 aliphatic heterocycles. The summed E-state index contributed by atoms with van der Waals surface area (Å²) < 4.78 is 10.2. The lowest BCUT2D eigenvalue weighted by Crippen LogP contribution is -2.39. The summed E-state index contributed by atoms with van der Waals surface area (Å²) in [4.78, 5) is 23.2. The van der Waals surface area contributed by atoms with Crippen LogP contribution in [0.2, 0.25) is 0 Å². The lowest BCUT2D eigenvalue weighted by molar-refractivity contribution is 0.138. The lowest BCUT2D eigenvalue weighted by Gasteiger charge is -2.15. The number of hydrogen-bond donors (Lipinski definition) is 3. The van der Waals surface area contributed by atoms with Gasteiger partial charge in [-0.2, -0.15) is 0 Å². The largest absolute Gasteiger partial charge is 0.448 e. The van der Waals surface area contributed by atoms with Crippen molar-refractivity contribution in [1.82, 2.24) is 16.2 Å². The first-order valence-corrected chi connectivity index (χ1v) is 9.56. The van der Waals surface area contributed by atoms with E-state index in [9.17, 15) is 9.59 Å². The minimum absolute atomic E-state index is 0.0268. The zero-order chi connectivity index (χ0) is 20.5. The van der Waals surface area contributed by atoms with Gasteiger partial charge in [-0.25, -0.2) is 15.0 Å². The van der Waals surface area contributed by atoms with Crippen molar-refractivity contribution in [3.63, 3.8) is 0 Å². The maximum Gasteiger partial charge on any atom is 0.421 e. The van der Waals surface area contributed by atoms with Crippen molar-refractivity contribution in [3.05, 3.63) is 72.3 Å². The quantitative estimate of drug-likeness (QED) is 0.344. The third kappa shape index (κ3) is 5.36. The predicted molar refractivity (Wildman–Crippen MR) is 110 cm³/mol. The maximum absolute atomic E-state index is 12.0. The van der Waals surface area contributed by atoms with E-state index < -0.39 is 12.2 Å². The van der Waals surface area contributed by atoms with Gasteiger partial charge < -0.3 is 14.8 Å². The molecule has 2 aromatic rings. The second-order valence-electron chi connectivity index (χ2n) is 6.54. The Bertz CT molecular complexity index is 823. The minimum atomic E-state index is -0.537. The van der Waals surface area contributed by atoms with Crippen LogP contribution in [0.15, 0.2) is 61.2 Å². The molecule has 0 radical (unpaired) electrons. The Labute approximate surface area is 170 Å². The molecule has 29 heavy (non-hydrogen) atoms. The average molecular weight is 395 g/mol. The maximum atomic E-state index is 12.0. The molecule has 0 saturated carbocycles. The zero-order valence-corrected chi connectivity index (χ0v) is 16.1. The molecule has 2 amide bonds. The Morgan fingerprint density at radius 2 is 1.59 bits per heavy atom. The molecule has 0 spiro atoms. The fraction of sp³-hybridized carbons (Fsp3) is 0.273. The third-order valence-corrected chi connectivity index (χ3v) is 4.61. The van der Waals surface area contributed by atoms with Crippen LogP contribution in [-0.4, -0.2) is 38.5 Å². The van der Waals surface area contributed by atoms with Crippen LogP contribution in [-0.2, 0) is 9.47 Å². The van der Waals surface area contributed by atoms with Crippen molar-refractivity contribution >= 4 is 12.2 Å². The number of fused-ring (bicyclic) bond motifs is 3. The van der Waals surface area contributed by atoms with E-state index in [4.69, 9.17) is 9.47 Å². The molecular weight excluding hydrogens is 370 g/mol. The summed E-state index contributed by atoms with van der Waals surface area (Å²) in [5.74, 6) is 0.0268. The molecule has 7 nitrogen and oxygen atoms in total. The van der Waals surface area contributed by atoms with Crippen molar-refractivity contribution in [2.75, 3.05) is 26.3 Å². The van der Waals surface area contributed by atoms with Crippen LogP contribution in [0.5, 0.6) is 0 Å². The topological polar surface area (TPSA) is 88.7 Å². The standard InChI is InChI=1S/C22H25N3O4/c1-2-14-28-21(26)23-12-7-13-24-25-22(27)29-15-20-18-10-5-3-8-16(18)17-9-4-6-11-19(17)20/h2-6,8-11,20,24H,1,7,12-15H2,(H,23,26)(H,25,27). The Kier molecular flexibility index (Phi) is 7.24. The van der Waals surface area contributed by atoms with Crippen LogP contribution in [0.1, 0.15) is 23.5 Å².